The van der Waals surface area contributed by atoms with Crippen LogP contribution in [0.4, 0.5) is 0 Å². The molecule has 0 N–H and O–H groups in total. The maximum absolute atomic E-state index is 7.85. The monoisotopic (exact) mass is 928 g/mol. The van der Waals surface area contributed by atoms with E-state index in [0.29, 0.717) is 23.7 Å². The second-order valence-corrected chi connectivity index (χ2v) is 22.3. The molecule has 6 heteroatoms. The molecule has 2 aromatic heterocycles. The predicted molar refractivity (Wildman–Crippen MR) is 305 cm³/mol. The van der Waals surface area contributed by atoms with E-state index in [9.17, 15) is 0 Å². The van der Waals surface area contributed by atoms with Crippen LogP contribution in [0.1, 0.15) is 101 Å². The van der Waals surface area contributed by atoms with Gasteiger partial charge in [0.2, 0.25) is 0 Å². The number of fused-ring (bicyclic) bond motifs is 16. The summed E-state index contributed by atoms with van der Waals surface area (Å²) in [6, 6.07) is 59.9. The topological polar surface area (TPSA) is 28.3 Å². The number of ether oxygens (including phenoxy) is 2. The largest absolute Gasteiger partial charge is 0.456 e. The van der Waals surface area contributed by atoms with Gasteiger partial charge in [-0.15, -0.1) is 0 Å². The summed E-state index contributed by atoms with van der Waals surface area (Å²) in [6.07, 6.45) is 0. The second kappa shape index (κ2) is 14.9. The molecular weight excluding hydrogens is 874 g/mol. The van der Waals surface area contributed by atoms with Crippen LogP contribution in [0.3, 0.4) is 0 Å². The first-order valence-corrected chi connectivity index (χ1v) is 26.2. The van der Waals surface area contributed by atoms with Crippen molar-refractivity contribution in [3.8, 4) is 56.6 Å². The Kier molecular flexibility index (Phi) is 8.72. The average molecular weight is 929 g/mol. The van der Waals surface area contributed by atoms with Crippen molar-refractivity contribution in [1.29, 1.82) is 0 Å². The van der Waals surface area contributed by atoms with Crippen molar-refractivity contribution >= 4 is 89.8 Å². The highest BCUT2D eigenvalue weighted by molar-refractivity contribution is 7.02. The van der Waals surface area contributed by atoms with Gasteiger partial charge >= 0.3 is 0 Å². The molecule has 0 saturated carbocycles. The molecule has 0 aliphatic carbocycles. The fourth-order valence-corrected chi connectivity index (χ4v) is 13.1. The molecule has 11 aromatic rings. The summed E-state index contributed by atoms with van der Waals surface area (Å²) in [5.41, 5.74) is 24.4. The van der Waals surface area contributed by atoms with Gasteiger partial charge in [-0.25, -0.2) is 0 Å². The lowest BCUT2D eigenvalue weighted by Gasteiger charge is -2.41. The van der Waals surface area contributed by atoms with E-state index < -0.39 is 0 Å². The van der Waals surface area contributed by atoms with Crippen LogP contribution in [0, 0.1) is 0 Å². The van der Waals surface area contributed by atoms with Crippen LogP contribution < -0.4 is 42.3 Å². The standard InChI is InChI=1S/C66H54B2N2O2/c1-35(2)41-21-25-55-47(27-41)49-29-45(37(5)6)31-53-61(49)69(55)63-59-66(72-57-33-43(19-23-51(57)67(53)59)39-15-11-9-12-16-39)64-60-65(63)71-58-34-44(40-17-13-10-14-18-40)20-24-52(58)68(60)54-32-46(38(7)8)30-50-48-28-42(36(3)4)22-26-56(48)70(64)62(50)54/h9-38H,1-8H3. The van der Waals surface area contributed by atoms with Crippen LogP contribution in [-0.4, -0.2) is 22.6 Å². The van der Waals surface area contributed by atoms with Gasteiger partial charge in [0.15, 0.2) is 0 Å². The van der Waals surface area contributed by atoms with Gasteiger partial charge in [0.05, 0.1) is 22.4 Å². The summed E-state index contributed by atoms with van der Waals surface area (Å²) in [5.74, 6) is 5.06. The number of aromatic nitrogens is 2. The highest BCUT2D eigenvalue weighted by atomic mass is 16.5. The Morgan fingerprint density at radius 2 is 0.736 bits per heavy atom. The molecule has 4 aliphatic heterocycles. The summed E-state index contributed by atoms with van der Waals surface area (Å²) in [7, 11) is 0. The number of rotatable bonds is 6. The van der Waals surface area contributed by atoms with E-state index >= 15 is 0 Å². The van der Waals surface area contributed by atoms with Crippen molar-refractivity contribution in [2.24, 2.45) is 0 Å². The van der Waals surface area contributed by atoms with Gasteiger partial charge in [-0.05, 0) is 139 Å². The molecule has 0 spiro atoms. The summed E-state index contributed by atoms with van der Waals surface area (Å²) < 4.78 is 20.9. The van der Waals surface area contributed by atoms with E-state index in [1.54, 1.807) is 0 Å². The highest BCUT2D eigenvalue weighted by Gasteiger charge is 2.50. The van der Waals surface area contributed by atoms with Gasteiger partial charge in [0.1, 0.15) is 23.0 Å². The molecule has 0 saturated heterocycles. The lowest BCUT2D eigenvalue weighted by atomic mass is 9.31. The van der Waals surface area contributed by atoms with Crippen LogP contribution in [0.15, 0.2) is 158 Å². The molecule has 72 heavy (non-hydrogen) atoms. The van der Waals surface area contributed by atoms with Crippen LogP contribution in [0.25, 0.3) is 77.2 Å². The summed E-state index contributed by atoms with van der Waals surface area (Å²) in [5, 5.41) is 5.15. The first kappa shape index (κ1) is 42.0. The zero-order chi connectivity index (χ0) is 48.6. The Labute approximate surface area is 422 Å². The molecule has 0 atom stereocenters. The molecule has 0 amide bonds. The minimum absolute atomic E-state index is 0.138. The van der Waals surface area contributed by atoms with E-state index in [2.05, 4.69) is 222 Å². The third-order valence-electron chi connectivity index (χ3n) is 16.9. The molecule has 6 heterocycles. The smallest absolute Gasteiger partial charge is 0.256 e. The summed E-state index contributed by atoms with van der Waals surface area (Å²) >= 11 is 0. The molecule has 15 rings (SSSR count). The van der Waals surface area contributed by atoms with E-state index in [1.165, 1.54) is 110 Å². The van der Waals surface area contributed by atoms with E-state index in [0.717, 1.165) is 45.5 Å². The third kappa shape index (κ3) is 5.61. The Bertz CT molecular complexity index is 3910. The minimum atomic E-state index is -0.138. The number of nitrogens with zero attached hydrogens (tertiary/aromatic N) is 2. The fourth-order valence-electron chi connectivity index (χ4n) is 13.1. The first-order valence-electron chi connectivity index (χ1n) is 26.2. The van der Waals surface area contributed by atoms with Crippen molar-refractivity contribution in [1.82, 2.24) is 9.13 Å². The van der Waals surface area contributed by atoms with E-state index in [1.807, 2.05) is 0 Å². The molecule has 0 unspecified atom stereocenters. The van der Waals surface area contributed by atoms with Crippen molar-refractivity contribution in [2.75, 3.05) is 0 Å². The average Bonchev–Trinajstić information content (AvgIpc) is 3.91. The molecule has 9 aromatic carbocycles. The van der Waals surface area contributed by atoms with Crippen molar-refractivity contribution in [3.63, 3.8) is 0 Å². The van der Waals surface area contributed by atoms with E-state index in [-0.39, 0.29) is 13.4 Å². The van der Waals surface area contributed by atoms with Gasteiger partial charge in [0, 0.05) is 43.5 Å². The highest BCUT2D eigenvalue weighted by Crippen LogP contribution is 2.50. The van der Waals surface area contributed by atoms with Gasteiger partial charge < -0.3 is 18.6 Å². The normalized spacial score (nSPS) is 13.7. The summed E-state index contributed by atoms with van der Waals surface area (Å²) in [4.78, 5) is 0. The molecular formula is C66H54B2N2O2. The fraction of sp³-hybridized carbons (Fsp3) is 0.182. The SMILES string of the molecule is CC(C)c1ccc2c(c1)c1cc(C(C)C)cc3c1n2-c1c2c4c(c5c1B3c1ccc(-c3ccccc3)cc1O5)-n1c3ccc(C(C)C)cc3c3cc(C(C)C)cc(c31)B4c1ccc(-c3ccccc3)cc1O2. The second-order valence-electron chi connectivity index (χ2n) is 22.3. The molecule has 4 nitrogen and oxygen atoms in total. The van der Waals surface area contributed by atoms with Crippen LogP contribution >= 0.6 is 0 Å². The van der Waals surface area contributed by atoms with Gasteiger partial charge in [0.25, 0.3) is 13.4 Å². The van der Waals surface area contributed by atoms with Crippen molar-refractivity contribution < 1.29 is 9.47 Å². The lowest BCUT2D eigenvalue weighted by molar-refractivity contribution is 0.472. The molecule has 346 valence electrons. The maximum atomic E-state index is 7.85. The van der Waals surface area contributed by atoms with Crippen molar-refractivity contribution in [2.45, 2.75) is 79.1 Å². The number of hydrogen-bond donors (Lipinski definition) is 0. The molecule has 4 aliphatic rings. The Balaban J connectivity index is 1.16. The van der Waals surface area contributed by atoms with Gasteiger partial charge in [-0.1, -0.05) is 165 Å². The predicted octanol–water partition coefficient (Wildman–Crippen LogP) is 13.6. The Hall–Kier alpha value is -7.69. The van der Waals surface area contributed by atoms with Crippen LogP contribution in [0.2, 0.25) is 0 Å². The Morgan fingerprint density at radius 1 is 0.347 bits per heavy atom. The Morgan fingerprint density at radius 3 is 1.12 bits per heavy atom. The maximum Gasteiger partial charge on any atom is 0.256 e. The van der Waals surface area contributed by atoms with Gasteiger partial charge in [-0.3, -0.25) is 0 Å². The quantitative estimate of drug-likeness (QED) is 0.155. The van der Waals surface area contributed by atoms with Crippen LogP contribution in [0.5, 0.6) is 23.0 Å². The van der Waals surface area contributed by atoms with Gasteiger partial charge in [-0.2, -0.15) is 0 Å². The molecule has 0 fully saturated rings. The lowest BCUT2D eigenvalue weighted by Crippen LogP contribution is -2.63. The minimum Gasteiger partial charge on any atom is -0.456 e. The zero-order valence-corrected chi connectivity index (χ0v) is 42.2. The van der Waals surface area contributed by atoms with Crippen LogP contribution in [-0.2, 0) is 0 Å². The number of hydrogen-bond acceptors (Lipinski definition) is 2. The molecule has 0 radical (unpaired) electrons. The van der Waals surface area contributed by atoms with E-state index in [4.69, 9.17) is 9.47 Å². The first-order chi connectivity index (χ1) is 35.0. The third-order valence-corrected chi connectivity index (χ3v) is 16.9. The molecule has 0 bridgehead atoms. The van der Waals surface area contributed by atoms with Crippen molar-refractivity contribution in [3.05, 3.63) is 180 Å². The summed E-state index contributed by atoms with van der Waals surface area (Å²) in [6.45, 7) is 18.3. The zero-order valence-electron chi connectivity index (χ0n) is 42.2. The number of benzene rings is 9.